The van der Waals surface area contributed by atoms with E-state index in [1.54, 1.807) is 19.1 Å². The maximum Gasteiger partial charge on any atom is 0.325 e. The minimum Gasteiger partial charge on any atom is -0.481 e. The third-order valence-corrected chi connectivity index (χ3v) is 3.33. The van der Waals surface area contributed by atoms with Crippen LogP contribution in [0.4, 0.5) is 10.5 Å². The minimum absolute atomic E-state index is 0.0665. The molecule has 1 aromatic carbocycles. The Morgan fingerprint density at radius 1 is 1.24 bits per heavy atom. The van der Waals surface area contributed by atoms with Crippen molar-refractivity contribution in [2.75, 3.05) is 5.32 Å². The second-order valence-electron chi connectivity index (χ2n) is 4.51. The fourth-order valence-corrected chi connectivity index (χ4v) is 1.97. The van der Waals surface area contributed by atoms with Crippen LogP contribution in [0.1, 0.15) is 19.8 Å². The van der Waals surface area contributed by atoms with E-state index in [0.717, 1.165) is 0 Å². The molecule has 0 aliphatic rings. The van der Waals surface area contributed by atoms with Gasteiger partial charge in [-0.15, -0.1) is 0 Å². The predicted molar refractivity (Wildman–Crippen MR) is 79.7 cm³/mol. The Hall–Kier alpha value is -1.79. The number of imide groups is 1. The molecule has 0 spiro atoms. The highest BCUT2D eigenvalue weighted by Crippen LogP contribution is 2.29. The normalized spacial score (nSPS) is 11.6. The van der Waals surface area contributed by atoms with E-state index in [4.69, 9.17) is 28.3 Å². The Bertz CT molecular complexity index is 563. The van der Waals surface area contributed by atoms with Gasteiger partial charge in [-0.05, 0) is 18.1 Å². The summed E-state index contributed by atoms with van der Waals surface area (Å²) < 4.78 is 0. The number of urea groups is 1. The molecule has 0 fully saturated rings. The van der Waals surface area contributed by atoms with Crippen LogP contribution in [-0.2, 0) is 9.59 Å². The molecule has 0 aliphatic heterocycles. The van der Waals surface area contributed by atoms with Crippen molar-refractivity contribution in [3.05, 3.63) is 28.2 Å². The van der Waals surface area contributed by atoms with Gasteiger partial charge < -0.3 is 10.4 Å². The lowest BCUT2D eigenvalue weighted by molar-refractivity contribution is -0.138. The van der Waals surface area contributed by atoms with Crippen molar-refractivity contribution >= 4 is 46.8 Å². The smallest absolute Gasteiger partial charge is 0.325 e. The van der Waals surface area contributed by atoms with Crippen molar-refractivity contribution in [3.63, 3.8) is 0 Å². The molecule has 21 heavy (non-hydrogen) atoms. The summed E-state index contributed by atoms with van der Waals surface area (Å²) in [5.74, 6) is -1.94. The van der Waals surface area contributed by atoms with Crippen LogP contribution in [0.25, 0.3) is 0 Å². The zero-order valence-electron chi connectivity index (χ0n) is 11.2. The van der Waals surface area contributed by atoms with E-state index in [0.29, 0.717) is 0 Å². The molecule has 8 heteroatoms. The highest BCUT2D eigenvalue weighted by atomic mass is 35.5. The summed E-state index contributed by atoms with van der Waals surface area (Å²) in [5, 5.41) is 13.5. The van der Waals surface area contributed by atoms with Gasteiger partial charge in [0.1, 0.15) is 0 Å². The van der Waals surface area contributed by atoms with Gasteiger partial charge in [0.05, 0.1) is 15.7 Å². The fourth-order valence-electron chi connectivity index (χ4n) is 1.62. The lowest BCUT2D eigenvalue weighted by Crippen LogP contribution is -2.35. The van der Waals surface area contributed by atoms with E-state index >= 15 is 0 Å². The molecule has 1 unspecified atom stereocenters. The number of carboxylic acid groups (broad SMARTS) is 1. The van der Waals surface area contributed by atoms with Crippen LogP contribution in [0, 0.1) is 5.92 Å². The van der Waals surface area contributed by atoms with Crippen LogP contribution >= 0.6 is 23.2 Å². The van der Waals surface area contributed by atoms with Crippen LogP contribution in [0.15, 0.2) is 18.2 Å². The van der Waals surface area contributed by atoms with Crippen molar-refractivity contribution in [1.29, 1.82) is 0 Å². The fraction of sp³-hybridized carbons (Fsp3) is 0.308. The number of anilines is 1. The molecule has 0 aromatic heterocycles. The topological polar surface area (TPSA) is 95.5 Å². The molecule has 0 saturated carbocycles. The largest absolute Gasteiger partial charge is 0.481 e. The first-order valence-electron chi connectivity index (χ1n) is 6.06. The predicted octanol–water partition coefficient (Wildman–Crippen LogP) is 3.14. The zero-order valence-corrected chi connectivity index (χ0v) is 12.7. The molecule has 1 aromatic rings. The molecule has 3 amide bonds. The summed E-state index contributed by atoms with van der Waals surface area (Å²) in [7, 11) is 0. The van der Waals surface area contributed by atoms with Crippen molar-refractivity contribution in [1.82, 2.24) is 5.32 Å². The van der Waals surface area contributed by atoms with Gasteiger partial charge in [0.2, 0.25) is 5.91 Å². The van der Waals surface area contributed by atoms with E-state index < -0.39 is 17.9 Å². The number of carbonyl (C=O) groups excluding carboxylic acids is 2. The van der Waals surface area contributed by atoms with Gasteiger partial charge in [-0.2, -0.15) is 0 Å². The van der Waals surface area contributed by atoms with Gasteiger partial charge in [-0.3, -0.25) is 14.9 Å². The summed E-state index contributed by atoms with van der Waals surface area (Å²) in [6, 6.07) is 3.93. The van der Waals surface area contributed by atoms with Crippen molar-refractivity contribution in [2.45, 2.75) is 19.8 Å². The molecule has 1 rings (SSSR count). The first-order chi connectivity index (χ1) is 9.79. The number of carbonyl (C=O) groups is 3. The van der Waals surface area contributed by atoms with Gasteiger partial charge >= 0.3 is 12.0 Å². The third kappa shape index (κ3) is 6.01. The SMILES string of the molecule is CC(CC(=O)O)CC(=O)NC(=O)Nc1cccc(Cl)c1Cl. The third-order valence-electron chi connectivity index (χ3n) is 2.51. The number of nitrogens with one attached hydrogen (secondary N) is 2. The Morgan fingerprint density at radius 3 is 2.52 bits per heavy atom. The van der Waals surface area contributed by atoms with Crippen molar-refractivity contribution in [3.8, 4) is 0 Å². The van der Waals surface area contributed by atoms with Gasteiger partial charge in [0.25, 0.3) is 0 Å². The number of hydrogen-bond acceptors (Lipinski definition) is 3. The highest BCUT2D eigenvalue weighted by Gasteiger charge is 2.15. The average molecular weight is 333 g/mol. The molecule has 1 atom stereocenters. The Labute approximate surface area is 131 Å². The van der Waals surface area contributed by atoms with Gasteiger partial charge in [-0.25, -0.2) is 4.79 Å². The Morgan fingerprint density at radius 2 is 1.90 bits per heavy atom. The van der Waals surface area contributed by atoms with Crippen LogP contribution in [0.2, 0.25) is 10.0 Å². The molecule has 0 heterocycles. The second-order valence-corrected chi connectivity index (χ2v) is 5.30. The maximum atomic E-state index is 11.6. The van der Waals surface area contributed by atoms with E-state index in [2.05, 4.69) is 10.6 Å². The zero-order chi connectivity index (χ0) is 16.0. The molecule has 0 saturated heterocycles. The monoisotopic (exact) mass is 332 g/mol. The number of hydrogen-bond donors (Lipinski definition) is 3. The van der Waals surface area contributed by atoms with Gasteiger partial charge in [0.15, 0.2) is 0 Å². The number of halogens is 2. The Balaban J connectivity index is 2.52. The number of rotatable bonds is 5. The van der Waals surface area contributed by atoms with E-state index in [-0.39, 0.29) is 34.5 Å². The lowest BCUT2D eigenvalue weighted by atomic mass is 10.0. The minimum atomic E-state index is -0.995. The van der Waals surface area contributed by atoms with Gasteiger partial charge in [0, 0.05) is 12.8 Å². The number of aliphatic carboxylic acids is 1. The summed E-state index contributed by atoms with van der Waals surface area (Å²) in [4.78, 5) is 33.7. The number of amides is 3. The molecule has 6 nitrogen and oxygen atoms in total. The first kappa shape index (κ1) is 17.3. The highest BCUT2D eigenvalue weighted by molar-refractivity contribution is 6.44. The summed E-state index contributed by atoms with van der Waals surface area (Å²) >= 11 is 11.7. The first-order valence-corrected chi connectivity index (χ1v) is 6.81. The van der Waals surface area contributed by atoms with E-state index in [1.165, 1.54) is 6.07 Å². The molecule has 0 radical (unpaired) electrons. The van der Waals surface area contributed by atoms with Crippen LogP contribution in [0.3, 0.4) is 0 Å². The van der Waals surface area contributed by atoms with E-state index in [9.17, 15) is 14.4 Å². The molecular formula is C13H14Cl2N2O4. The molecule has 0 aliphatic carbocycles. The summed E-state index contributed by atoms with van der Waals surface area (Å²) in [6.45, 7) is 1.61. The second kappa shape index (κ2) is 7.85. The molecule has 114 valence electrons. The summed E-state index contributed by atoms with van der Waals surface area (Å²) in [6.07, 6.45) is -0.210. The average Bonchev–Trinajstić information content (AvgIpc) is 2.33. The van der Waals surface area contributed by atoms with E-state index in [1.807, 2.05) is 0 Å². The van der Waals surface area contributed by atoms with Crippen molar-refractivity contribution in [2.24, 2.45) is 5.92 Å². The number of benzene rings is 1. The maximum absolute atomic E-state index is 11.6. The van der Waals surface area contributed by atoms with Gasteiger partial charge in [-0.1, -0.05) is 36.2 Å². The molecule has 0 bridgehead atoms. The van der Waals surface area contributed by atoms with Crippen molar-refractivity contribution < 1.29 is 19.5 Å². The Kier molecular flexibility index (Phi) is 6.45. The van der Waals surface area contributed by atoms with Crippen LogP contribution in [-0.4, -0.2) is 23.0 Å². The van der Waals surface area contributed by atoms with Crippen LogP contribution in [0.5, 0.6) is 0 Å². The van der Waals surface area contributed by atoms with Crippen LogP contribution < -0.4 is 10.6 Å². The standard InChI is InChI=1S/C13H14Cl2N2O4/c1-7(6-11(19)20)5-10(18)17-13(21)16-9-4-2-3-8(14)12(9)15/h2-4,7H,5-6H2,1H3,(H,19,20)(H2,16,17,18,21). The molecule has 3 N–H and O–H groups in total. The lowest BCUT2D eigenvalue weighted by Gasteiger charge is -2.11. The quantitative estimate of drug-likeness (QED) is 0.771. The molecular weight excluding hydrogens is 319 g/mol. The number of carboxylic acids is 1. The summed E-state index contributed by atoms with van der Waals surface area (Å²) in [5.41, 5.74) is 0.271.